The number of anilines is 1. The summed E-state index contributed by atoms with van der Waals surface area (Å²) >= 11 is 0. The lowest BCUT2D eigenvalue weighted by Crippen LogP contribution is -2.02. The van der Waals surface area contributed by atoms with Crippen molar-refractivity contribution < 1.29 is 9.13 Å². The van der Waals surface area contributed by atoms with E-state index in [-0.39, 0.29) is 5.82 Å². The first kappa shape index (κ1) is 12.0. The monoisotopic (exact) mass is 257 g/mol. The molecule has 1 heterocycles. The van der Waals surface area contributed by atoms with Gasteiger partial charge < -0.3 is 10.1 Å². The van der Waals surface area contributed by atoms with Crippen LogP contribution in [0, 0.1) is 12.7 Å². The minimum absolute atomic E-state index is 0.213. The van der Waals surface area contributed by atoms with Gasteiger partial charge in [-0.15, -0.1) is 0 Å². The molecular weight excluding hydrogens is 241 g/mol. The molecule has 0 atom stereocenters. The predicted octanol–water partition coefficient (Wildman–Crippen LogP) is 3.68. The summed E-state index contributed by atoms with van der Waals surface area (Å²) in [6.45, 7) is 3.34. The van der Waals surface area contributed by atoms with Crippen molar-refractivity contribution in [2.75, 3.05) is 11.9 Å². The minimum atomic E-state index is -0.213. The second-order valence-electron chi connectivity index (χ2n) is 4.88. The molecule has 0 unspecified atom stereocenters. The zero-order valence-corrected chi connectivity index (χ0v) is 10.9. The summed E-state index contributed by atoms with van der Waals surface area (Å²) in [4.78, 5) is 0. The first-order valence-corrected chi connectivity index (χ1v) is 6.47. The summed E-state index contributed by atoms with van der Waals surface area (Å²) in [5, 5.41) is 3.15. The van der Waals surface area contributed by atoms with E-state index in [1.165, 1.54) is 11.6 Å². The summed E-state index contributed by atoms with van der Waals surface area (Å²) in [7, 11) is 0. The summed E-state index contributed by atoms with van der Waals surface area (Å²) < 4.78 is 19.1. The number of halogens is 1. The normalized spacial score (nSPS) is 12.9. The van der Waals surface area contributed by atoms with Crippen LogP contribution < -0.4 is 10.1 Å². The third-order valence-electron chi connectivity index (χ3n) is 3.36. The van der Waals surface area contributed by atoms with Crippen LogP contribution in [0.4, 0.5) is 10.1 Å². The maximum Gasteiger partial charge on any atom is 0.146 e. The molecule has 0 bridgehead atoms. The molecular formula is C16H16FNO. The molecule has 0 saturated heterocycles. The molecule has 2 nitrogen and oxygen atoms in total. The maximum absolute atomic E-state index is 13.6. The van der Waals surface area contributed by atoms with Gasteiger partial charge in [-0.3, -0.25) is 0 Å². The van der Waals surface area contributed by atoms with Gasteiger partial charge in [0.2, 0.25) is 0 Å². The Morgan fingerprint density at radius 2 is 2.11 bits per heavy atom. The highest BCUT2D eigenvalue weighted by Crippen LogP contribution is 2.26. The third-order valence-corrected chi connectivity index (χ3v) is 3.36. The molecule has 3 heteroatoms. The Labute approximate surface area is 112 Å². The van der Waals surface area contributed by atoms with Gasteiger partial charge in [-0.05, 0) is 41.8 Å². The van der Waals surface area contributed by atoms with Gasteiger partial charge in [0, 0.05) is 13.0 Å². The van der Waals surface area contributed by atoms with Crippen molar-refractivity contribution in [1.82, 2.24) is 0 Å². The van der Waals surface area contributed by atoms with Gasteiger partial charge in [0.25, 0.3) is 0 Å². The van der Waals surface area contributed by atoms with E-state index in [0.29, 0.717) is 12.2 Å². The van der Waals surface area contributed by atoms with E-state index in [0.717, 1.165) is 29.9 Å². The lowest BCUT2D eigenvalue weighted by atomic mass is 10.1. The zero-order chi connectivity index (χ0) is 13.2. The van der Waals surface area contributed by atoms with Crippen LogP contribution in [0.5, 0.6) is 5.75 Å². The molecule has 2 aromatic rings. The Balaban J connectivity index is 1.74. The largest absolute Gasteiger partial charge is 0.493 e. The van der Waals surface area contributed by atoms with Gasteiger partial charge >= 0.3 is 0 Å². The van der Waals surface area contributed by atoms with Crippen molar-refractivity contribution in [2.24, 2.45) is 0 Å². The predicted molar refractivity (Wildman–Crippen MR) is 74.1 cm³/mol. The summed E-state index contributed by atoms with van der Waals surface area (Å²) in [5.74, 6) is 0.764. The molecule has 1 aliphatic rings. The number of aryl methyl sites for hydroxylation is 1. The average Bonchev–Trinajstić information content (AvgIpc) is 2.87. The Hall–Kier alpha value is -2.03. The molecule has 0 fully saturated rings. The van der Waals surface area contributed by atoms with Crippen LogP contribution in [0.15, 0.2) is 36.4 Å². The topological polar surface area (TPSA) is 21.3 Å². The van der Waals surface area contributed by atoms with Crippen LogP contribution >= 0.6 is 0 Å². The number of rotatable bonds is 3. The quantitative estimate of drug-likeness (QED) is 0.905. The lowest BCUT2D eigenvalue weighted by Gasteiger charge is -2.09. The van der Waals surface area contributed by atoms with Crippen LogP contribution in [-0.2, 0) is 13.0 Å². The van der Waals surface area contributed by atoms with Crippen molar-refractivity contribution in [3.05, 3.63) is 58.9 Å². The first-order valence-electron chi connectivity index (χ1n) is 6.47. The molecule has 98 valence electrons. The average molecular weight is 257 g/mol. The van der Waals surface area contributed by atoms with Gasteiger partial charge in [0.15, 0.2) is 0 Å². The molecule has 0 radical (unpaired) electrons. The van der Waals surface area contributed by atoms with E-state index in [2.05, 4.69) is 11.4 Å². The molecule has 0 amide bonds. The van der Waals surface area contributed by atoms with Crippen molar-refractivity contribution in [3.8, 4) is 5.75 Å². The number of benzene rings is 2. The number of ether oxygens (including phenoxy) is 1. The maximum atomic E-state index is 13.6. The van der Waals surface area contributed by atoms with E-state index < -0.39 is 0 Å². The summed E-state index contributed by atoms with van der Waals surface area (Å²) in [6.07, 6.45) is 0.960. The second kappa shape index (κ2) is 4.92. The molecule has 1 N–H and O–H groups in total. The molecule has 2 aromatic carbocycles. The standard InChI is InChI=1S/C16H16FNO/c1-11-2-4-14(17)15(8-11)18-10-12-3-5-16-13(9-12)6-7-19-16/h2-5,8-9,18H,6-7,10H2,1H3. The van der Waals surface area contributed by atoms with Gasteiger partial charge in [-0.1, -0.05) is 18.2 Å². The number of fused-ring (bicyclic) bond motifs is 1. The number of hydrogen-bond donors (Lipinski definition) is 1. The Bertz CT molecular complexity index is 610. The Kier molecular flexibility index (Phi) is 3.11. The fourth-order valence-corrected chi connectivity index (χ4v) is 2.32. The van der Waals surface area contributed by atoms with Gasteiger partial charge in [-0.2, -0.15) is 0 Å². The zero-order valence-electron chi connectivity index (χ0n) is 10.9. The highest BCUT2D eigenvalue weighted by atomic mass is 19.1. The summed E-state index contributed by atoms with van der Waals surface area (Å²) in [5.41, 5.74) is 3.98. The van der Waals surface area contributed by atoms with Crippen molar-refractivity contribution >= 4 is 5.69 Å². The van der Waals surface area contributed by atoms with Crippen molar-refractivity contribution in [3.63, 3.8) is 0 Å². The number of nitrogens with one attached hydrogen (secondary N) is 1. The fraction of sp³-hybridized carbons (Fsp3) is 0.250. The van der Waals surface area contributed by atoms with E-state index in [1.807, 2.05) is 25.1 Å². The van der Waals surface area contributed by atoms with Gasteiger partial charge in [0.1, 0.15) is 11.6 Å². The lowest BCUT2D eigenvalue weighted by molar-refractivity contribution is 0.357. The highest BCUT2D eigenvalue weighted by Gasteiger charge is 2.12. The van der Waals surface area contributed by atoms with Crippen molar-refractivity contribution in [1.29, 1.82) is 0 Å². The summed E-state index contributed by atoms with van der Waals surface area (Å²) in [6, 6.07) is 11.2. The van der Waals surface area contributed by atoms with E-state index in [1.54, 1.807) is 6.07 Å². The molecule has 1 aliphatic heterocycles. The van der Waals surface area contributed by atoms with E-state index in [9.17, 15) is 4.39 Å². The minimum Gasteiger partial charge on any atom is -0.493 e. The van der Waals surface area contributed by atoms with Gasteiger partial charge in [0.05, 0.1) is 12.3 Å². The Morgan fingerprint density at radius 3 is 3.00 bits per heavy atom. The van der Waals surface area contributed by atoms with Crippen LogP contribution in [0.1, 0.15) is 16.7 Å². The second-order valence-corrected chi connectivity index (χ2v) is 4.88. The number of hydrogen-bond acceptors (Lipinski definition) is 2. The highest BCUT2D eigenvalue weighted by molar-refractivity contribution is 5.48. The molecule has 19 heavy (non-hydrogen) atoms. The molecule has 0 saturated carbocycles. The van der Waals surface area contributed by atoms with Crippen LogP contribution in [0.3, 0.4) is 0 Å². The third kappa shape index (κ3) is 2.55. The molecule has 0 aliphatic carbocycles. The van der Waals surface area contributed by atoms with E-state index in [4.69, 9.17) is 4.74 Å². The Morgan fingerprint density at radius 1 is 1.21 bits per heavy atom. The smallest absolute Gasteiger partial charge is 0.146 e. The molecule has 3 rings (SSSR count). The van der Waals surface area contributed by atoms with Crippen LogP contribution in [0.2, 0.25) is 0 Å². The fourth-order valence-electron chi connectivity index (χ4n) is 2.32. The van der Waals surface area contributed by atoms with Gasteiger partial charge in [-0.25, -0.2) is 4.39 Å². The SMILES string of the molecule is Cc1ccc(F)c(NCc2ccc3c(c2)CCO3)c1. The molecule has 0 aromatic heterocycles. The van der Waals surface area contributed by atoms with Crippen LogP contribution in [-0.4, -0.2) is 6.61 Å². The molecule has 0 spiro atoms. The first-order chi connectivity index (χ1) is 9.22. The van der Waals surface area contributed by atoms with Crippen LogP contribution in [0.25, 0.3) is 0 Å². The van der Waals surface area contributed by atoms with Crippen molar-refractivity contribution in [2.45, 2.75) is 19.9 Å². The van der Waals surface area contributed by atoms with E-state index >= 15 is 0 Å².